The van der Waals surface area contributed by atoms with Crippen LogP contribution in [0.3, 0.4) is 0 Å². The Morgan fingerprint density at radius 1 is 1.11 bits per heavy atom. The molecule has 1 aliphatic heterocycles. The highest BCUT2D eigenvalue weighted by molar-refractivity contribution is 5.91. The number of aryl methyl sites for hydroxylation is 1. The van der Waals surface area contributed by atoms with Gasteiger partial charge in [-0.1, -0.05) is 26.0 Å². The Morgan fingerprint density at radius 2 is 1.89 bits per heavy atom. The van der Waals surface area contributed by atoms with Crippen LogP contribution in [0.2, 0.25) is 0 Å². The van der Waals surface area contributed by atoms with Gasteiger partial charge in [-0.15, -0.1) is 0 Å². The Balaban J connectivity index is 1.44. The van der Waals surface area contributed by atoms with Gasteiger partial charge in [0, 0.05) is 32.7 Å². The van der Waals surface area contributed by atoms with Crippen molar-refractivity contribution in [3.63, 3.8) is 0 Å². The molecule has 0 spiro atoms. The monoisotopic (exact) mass is 380 g/mol. The minimum absolute atomic E-state index is 0.0196. The Hall–Kier alpha value is -2.60. The standard InChI is InChI=1S/C22H28N4O2/c1-17(2)9-10-26-19-7-4-3-6-18(19)23-21(26)16-24-11-13-25(14-12-24)22(27)20-8-5-15-28-20/h3-8,15,17H,9-14,16H2,1-2H3. The van der Waals surface area contributed by atoms with Gasteiger partial charge in [0.1, 0.15) is 5.82 Å². The van der Waals surface area contributed by atoms with Gasteiger partial charge in [0.2, 0.25) is 0 Å². The first kappa shape index (κ1) is 18.7. The summed E-state index contributed by atoms with van der Waals surface area (Å²) < 4.78 is 7.62. The van der Waals surface area contributed by atoms with Gasteiger partial charge in [-0.3, -0.25) is 9.69 Å². The van der Waals surface area contributed by atoms with Crippen molar-refractivity contribution in [1.29, 1.82) is 0 Å². The van der Waals surface area contributed by atoms with E-state index in [1.807, 2.05) is 11.0 Å². The number of furan rings is 1. The van der Waals surface area contributed by atoms with E-state index in [9.17, 15) is 4.79 Å². The van der Waals surface area contributed by atoms with Crippen LogP contribution in [0.15, 0.2) is 47.1 Å². The summed E-state index contributed by atoms with van der Waals surface area (Å²) in [6, 6.07) is 11.9. The second-order valence-corrected chi connectivity index (χ2v) is 7.90. The molecule has 4 rings (SSSR count). The number of benzene rings is 1. The van der Waals surface area contributed by atoms with Gasteiger partial charge in [0.25, 0.3) is 5.91 Å². The molecular weight excluding hydrogens is 352 g/mol. The van der Waals surface area contributed by atoms with E-state index in [0.29, 0.717) is 24.8 Å². The molecule has 1 aliphatic rings. The van der Waals surface area contributed by atoms with Gasteiger partial charge in [-0.2, -0.15) is 0 Å². The van der Waals surface area contributed by atoms with Crippen molar-refractivity contribution in [1.82, 2.24) is 19.4 Å². The van der Waals surface area contributed by atoms with Crippen molar-refractivity contribution in [2.75, 3.05) is 26.2 Å². The van der Waals surface area contributed by atoms with Gasteiger partial charge in [-0.25, -0.2) is 4.98 Å². The molecule has 148 valence electrons. The summed E-state index contributed by atoms with van der Waals surface area (Å²) in [7, 11) is 0. The van der Waals surface area contributed by atoms with Crippen LogP contribution in [0.5, 0.6) is 0 Å². The average molecular weight is 380 g/mol. The molecule has 0 radical (unpaired) electrons. The van der Waals surface area contributed by atoms with Gasteiger partial charge in [0.05, 0.1) is 23.8 Å². The predicted molar refractivity (Wildman–Crippen MR) is 109 cm³/mol. The number of imidazole rings is 1. The number of nitrogens with zero attached hydrogens (tertiary/aromatic N) is 4. The smallest absolute Gasteiger partial charge is 0.289 e. The maximum absolute atomic E-state index is 12.4. The quantitative estimate of drug-likeness (QED) is 0.655. The van der Waals surface area contributed by atoms with E-state index >= 15 is 0 Å². The molecule has 1 saturated heterocycles. The Morgan fingerprint density at radius 3 is 2.61 bits per heavy atom. The van der Waals surface area contributed by atoms with Gasteiger partial charge in [-0.05, 0) is 36.6 Å². The van der Waals surface area contributed by atoms with Crippen molar-refractivity contribution in [2.24, 2.45) is 5.92 Å². The molecule has 0 saturated carbocycles. The summed E-state index contributed by atoms with van der Waals surface area (Å²) in [5.41, 5.74) is 2.28. The number of fused-ring (bicyclic) bond motifs is 1. The highest BCUT2D eigenvalue weighted by Gasteiger charge is 2.24. The zero-order valence-corrected chi connectivity index (χ0v) is 16.7. The van der Waals surface area contributed by atoms with E-state index in [-0.39, 0.29) is 5.91 Å². The van der Waals surface area contributed by atoms with Gasteiger partial charge >= 0.3 is 0 Å². The van der Waals surface area contributed by atoms with Crippen LogP contribution in [0.4, 0.5) is 0 Å². The van der Waals surface area contributed by atoms with Crippen LogP contribution >= 0.6 is 0 Å². The number of hydrogen-bond donors (Lipinski definition) is 0. The molecule has 2 aromatic heterocycles. The zero-order chi connectivity index (χ0) is 19.5. The van der Waals surface area contributed by atoms with Crippen LogP contribution in [0.25, 0.3) is 11.0 Å². The highest BCUT2D eigenvalue weighted by Crippen LogP contribution is 2.20. The van der Waals surface area contributed by atoms with E-state index < -0.39 is 0 Å². The number of piperazine rings is 1. The minimum atomic E-state index is -0.0196. The summed E-state index contributed by atoms with van der Waals surface area (Å²) in [5.74, 6) is 2.18. The lowest BCUT2D eigenvalue weighted by atomic mass is 10.1. The van der Waals surface area contributed by atoms with E-state index in [0.717, 1.165) is 43.9 Å². The topological polar surface area (TPSA) is 54.5 Å². The van der Waals surface area contributed by atoms with Crippen molar-refractivity contribution in [2.45, 2.75) is 33.4 Å². The number of para-hydroxylation sites is 2. The first-order valence-electron chi connectivity index (χ1n) is 10.1. The molecule has 1 aromatic carbocycles. The summed E-state index contributed by atoms with van der Waals surface area (Å²) in [5, 5.41) is 0. The Labute approximate surface area is 165 Å². The number of amides is 1. The third-order valence-corrected chi connectivity index (χ3v) is 5.42. The molecular formula is C22H28N4O2. The number of hydrogen-bond acceptors (Lipinski definition) is 4. The third-order valence-electron chi connectivity index (χ3n) is 5.42. The maximum atomic E-state index is 12.4. The molecule has 3 heterocycles. The number of aromatic nitrogens is 2. The first-order chi connectivity index (χ1) is 13.6. The summed E-state index contributed by atoms with van der Waals surface area (Å²) in [6.07, 6.45) is 2.68. The molecule has 0 atom stereocenters. The molecule has 0 aliphatic carbocycles. The molecule has 0 bridgehead atoms. The molecule has 1 amide bonds. The van der Waals surface area contributed by atoms with Gasteiger partial charge in [0.15, 0.2) is 5.76 Å². The van der Waals surface area contributed by atoms with Crippen molar-refractivity contribution >= 4 is 16.9 Å². The fraction of sp³-hybridized carbons (Fsp3) is 0.455. The molecule has 3 aromatic rings. The Bertz CT molecular complexity index is 921. The molecule has 0 N–H and O–H groups in total. The number of carbonyl (C=O) groups is 1. The first-order valence-corrected chi connectivity index (χ1v) is 10.1. The lowest BCUT2D eigenvalue weighted by molar-refractivity contribution is 0.0593. The van der Waals surface area contributed by atoms with Crippen molar-refractivity contribution < 1.29 is 9.21 Å². The zero-order valence-electron chi connectivity index (χ0n) is 16.7. The summed E-state index contributed by atoms with van der Waals surface area (Å²) >= 11 is 0. The summed E-state index contributed by atoms with van der Waals surface area (Å²) in [6.45, 7) is 9.44. The number of rotatable bonds is 6. The molecule has 6 nitrogen and oxygen atoms in total. The molecule has 6 heteroatoms. The fourth-order valence-electron chi connectivity index (χ4n) is 3.75. The Kier molecular flexibility index (Phi) is 5.48. The molecule has 28 heavy (non-hydrogen) atoms. The maximum Gasteiger partial charge on any atom is 0.289 e. The van der Waals surface area contributed by atoms with Crippen molar-refractivity contribution in [3.05, 3.63) is 54.2 Å². The van der Waals surface area contributed by atoms with Gasteiger partial charge < -0.3 is 13.9 Å². The van der Waals surface area contributed by atoms with Crippen LogP contribution in [0.1, 0.15) is 36.6 Å². The van der Waals surface area contributed by atoms with E-state index in [4.69, 9.17) is 9.40 Å². The normalized spacial score (nSPS) is 15.6. The van der Waals surface area contributed by atoms with Crippen LogP contribution < -0.4 is 0 Å². The summed E-state index contributed by atoms with van der Waals surface area (Å²) in [4.78, 5) is 21.6. The second kappa shape index (κ2) is 8.19. The third kappa shape index (κ3) is 3.97. The predicted octanol–water partition coefficient (Wildman–Crippen LogP) is 3.63. The van der Waals surface area contributed by atoms with Crippen molar-refractivity contribution in [3.8, 4) is 0 Å². The lowest BCUT2D eigenvalue weighted by Gasteiger charge is -2.34. The van der Waals surface area contributed by atoms with Crippen LogP contribution in [0, 0.1) is 5.92 Å². The van der Waals surface area contributed by atoms with Crippen LogP contribution in [-0.4, -0.2) is 51.4 Å². The SMILES string of the molecule is CC(C)CCn1c(CN2CCN(C(=O)c3ccco3)CC2)nc2ccccc21. The molecule has 0 unspecified atom stereocenters. The van der Waals surface area contributed by atoms with E-state index in [1.165, 1.54) is 5.52 Å². The minimum Gasteiger partial charge on any atom is -0.459 e. The molecule has 1 fully saturated rings. The van der Waals surface area contributed by atoms with E-state index in [2.05, 4.69) is 41.5 Å². The fourth-order valence-corrected chi connectivity index (χ4v) is 3.75. The second-order valence-electron chi connectivity index (χ2n) is 7.90. The average Bonchev–Trinajstić information content (AvgIpc) is 3.34. The van der Waals surface area contributed by atoms with Crippen LogP contribution in [-0.2, 0) is 13.1 Å². The largest absolute Gasteiger partial charge is 0.459 e. The highest BCUT2D eigenvalue weighted by atomic mass is 16.3. The number of carbonyl (C=O) groups excluding carboxylic acids is 1. The lowest BCUT2D eigenvalue weighted by Crippen LogP contribution is -2.48. The van der Waals surface area contributed by atoms with E-state index in [1.54, 1.807) is 18.4 Å².